The number of aliphatic hydroxyl groups excluding tert-OH is 1. The molecule has 1 N–H and O–H groups in total. The molecule has 0 saturated carbocycles. The van der Waals surface area contributed by atoms with E-state index >= 15 is 0 Å². The molecule has 0 unspecified atom stereocenters. The quantitative estimate of drug-likeness (QED) is 0.566. The van der Waals surface area contributed by atoms with Crippen LogP contribution in [0.4, 0.5) is 0 Å². The number of carbonyl (C=O) groups excluding carboxylic acids is 1. The van der Waals surface area contributed by atoms with E-state index in [4.69, 9.17) is 9.47 Å². The SMILES string of the molecule is C=C(C[C@@H](O)[C@H]1COC(C)(C)O1)C(=O)OC. The maximum Gasteiger partial charge on any atom is 0.333 e. The molecule has 92 valence electrons. The fourth-order valence-corrected chi connectivity index (χ4v) is 1.52. The molecule has 0 aliphatic carbocycles. The standard InChI is InChI=1S/C11H18O5/c1-7(10(13)14-4)5-8(12)9-6-15-11(2,3)16-9/h8-9,12H,1,5-6H2,2-4H3/t8-,9-/m1/s1. The first-order valence-electron chi connectivity index (χ1n) is 5.11. The molecule has 5 nitrogen and oxygen atoms in total. The molecule has 0 bridgehead atoms. The topological polar surface area (TPSA) is 65.0 Å². The summed E-state index contributed by atoms with van der Waals surface area (Å²) in [6.07, 6.45) is -1.12. The molecular formula is C11H18O5. The third-order valence-corrected chi connectivity index (χ3v) is 2.39. The monoisotopic (exact) mass is 230 g/mol. The van der Waals surface area contributed by atoms with Crippen LogP contribution in [0.2, 0.25) is 0 Å². The van der Waals surface area contributed by atoms with Gasteiger partial charge >= 0.3 is 5.97 Å². The minimum atomic E-state index is -0.812. The molecule has 0 spiro atoms. The van der Waals surface area contributed by atoms with E-state index < -0.39 is 24.0 Å². The van der Waals surface area contributed by atoms with E-state index in [1.165, 1.54) is 7.11 Å². The fourth-order valence-electron chi connectivity index (χ4n) is 1.52. The van der Waals surface area contributed by atoms with E-state index in [0.29, 0.717) is 6.61 Å². The Hall–Kier alpha value is -0.910. The van der Waals surface area contributed by atoms with Crippen molar-refractivity contribution < 1.29 is 24.1 Å². The lowest BCUT2D eigenvalue weighted by atomic mass is 10.1. The smallest absolute Gasteiger partial charge is 0.333 e. The molecule has 2 atom stereocenters. The van der Waals surface area contributed by atoms with Crippen molar-refractivity contribution >= 4 is 5.97 Å². The summed E-state index contributed by atoms with van der Waals surface area (Å²) in [5, 5.41) is 9.82. The van der Waals surface area contributed by atoms with Crippen molar-refractivity contribution in [3.05, 3.63) is 12.2 Å². The van der Waals surface area contributed by atoms with E-state index in [-0.39, 0.29) is 12.0 Å². The molecule has 0 aromatic carbocycles. The molecule has 0 aromatic rings. The predicted octanol–water partition coefficient (Wildman–Crippen LogP) is 0.618. The third kappa shape index (κ3) is 3.30. The van der Waals surface area contributed by atoms with Crippen molar-refractivity contribution in [1.82, 2.24) is 0 Å². The van der Waals surface area contributed by atoms with Gasteiger partial charge in [-0.2, -0.15) is 0 Å². The maximum atomic E-state index is 11.1. The number of hydrogen-bond donors (Lipinski definition) is 1. The van der Waals surface area contributed by atoms with E-state index in [1.807, 2.05) is 0 Å². The number of carbonyl (C=O) groups is 1. The molecule has 5 heteroatoms. The number of aliphatic hydroxyl groups is 1. The highest BCUT2D eigenvalue weighted by atomic mass is 16.7. The minimum absolute atomic E-state index is 0.122. The lowest BCUT2D eigenvalue weighted by Crippen LogP contribution is -2.31. The van der Waals surface area contributed by atoms with Crippen molar-refractivity contribution in [3.63, 3.8) is 0 Å². The van der Waals surface area contributed by atoms with Gasteiger partial charge in [-0.25, -0.2) is 4.79 Å². The zero-order valence-electron chi connectivity index (χ0n) is 9.86. The summed E-state index contributed by atoms with van der Waals surface area (Å²) in [6.45, 7) is 7.40. The zero-order valence-corrected chi connectivity index (χ0v) is 9.86. The third-order valence-electron chi connectivity index (χ3n) is 2.39. The molecule has 1 aliphatic rings. The van der Waals surface area contributed by atoms with Gasteiger partial charge in [-0.05, 0) is 13.8 Å². The largest absolute Gasteiger partial charge is 0.466 e. The number of hydrogen-bond acceptors (Lipinski definition) is 5. The Kier molecular flexibility index (Phi) is 4.07. The van der Waals surface area contributed by atoms with Gasteiger partial charge in [0.05, 0.1) is 19.8 Å². The van der Waals surface area contributed by atoms with Gasteiger partial charge in [0, 0.05) is 12.0 Å². The molecule has 1 aliphatic heterocycles. The van der Waals surface area contributed by atoms with E-state index in [1.54, 1.807) is 13.8 Å². The Labute approximate surface area is 95.0 Å². The van der Waals surface area contributed by atoms with Crippen LogP contribution in [0.5, 0.6) is 0 Å². The summed E-state index contributed by atoms with van der Waals surface area (Å²) in [6, 6.07) is 0. The Balaban J connectivity index is 2.45. The zero-order chi connectivity index (χ0) is 12.3. The number of ether oxygens (including phenoxy) is 3. The van der Waals surface area contributed by atoms with Gasteiger partial charge in [-0.15, -0.1) is 0 Å². The summed E-state index contributed by atoms with van der Waals surface area (Å²) < 4.78 is 15.3. The van der Waals surface area contributed by atoms with Gasteiger partial charge in [0.2, 0.25) is 0 Å². The highest BCUT2D eigenvalue weighted by Crippen LogP contribution is 2.26. The van der Waals surface area contributed by atoms with Crippen molar-refractivity contribution in [2.24, 2.45) is 0 Å². The molecule has 0 amide bonds. The van der Waals surface area contributed by atoms with Gasteiger partial charge in [0.1, 0.15) is 6.10 Å². The second-order valence-corrected chi connectivity index (χ2v) is 4.23. The lowest BCUT2D eigenvalue weighted by molar-refractivity contribution is -0.151. The van der Waals surface area contributed by atoms with Crippen molar-refractivity contribution in [1.29, 1.82) is 0 Å². The molecule has 1 saturated heterocycles. The van der Waals surface area contributed by atoms with Crippen LogP contribution in [0, 0.1) is 0 Å². The first kappa shape index (κ1) is 13.2. The Bertz CT molecular complexity index is 284. The molecule has 0 aromatic heterocycles. The van der Waals surface area contributed by atoms with Crippen LogP contribution in [-0.4, -0.2) is 42.8 Å². The van der Waals surface area contributed by atoms with Crippen LogP contribution >= 0.6 is 0 Å². The normalized spacial score (nSPS) is 25.1. The fraction of sp³-hybridized carbons (Fsp3) is 0.727. The summed E-state index contributed by atoms with van der Waals surface area (Å²) in [5.41, 5.74) is 0.225. The second-order valence-electron chi connectivity index (χ2n) is 4.23. The highest BCUT2D eigenvalue weighted by molar-refractivity contribution is 5.87. The predicted molar refractivity (Wildman–Crippen MR) is 56.7 cm³/mol. The average molecular weight is 230 g/mol. The second kappa shape index (κ2) is 4.95. The van der Waals surface area contributed by atoms with Crippen LogP contribution < -0.4 is 0 Å². The van der Waals surface area contributed by atoms with Crippen LogP contribution in [0.1, 0.15) is 20.3 Å². The van der Waals surface area contributed by atoms with Crippen LogP contribution in [0.3, 0.4) is 0 Å². The first-order valence-corrected chi connectivity index (χ1v) is 5.11. The van der Waals surface area contributed by atoms with Gasteiger partial charge in [0.25, 0.3) is 0 Å². The molecular weight excluding hydrogens is 212 g/mol. The molecule has 16 heavy (non-hydrogen) atoms. The average Bonchev–Trinajstić information content (AvgIpc) is 2.57. The van der Waals surface area contributed by atoms with Crippen LogP contribution in [0.25, 0.3) is 0 Å². The van der Waals surface area contributed by atoms with Gasteiger partial charge < -0.3 is 19.3 Å². The lowest BCUT2D eigenvalue weighted by Gasteiger charge is -2.20. The van der Waals surface area contributed by atoms with Gasteiger partial charge in [-0.1, -0.05) is 6.58 Å². The maximum absolute atomic E-state index is 11.1. The van der Waals surface area contributed by atoms with E-state index in [2.05, 4.69) is 11.3 Å². The molecule has 1 rings (SSSR count). The van der Waals surface area contributed by atoms with E-state index in [0.717, 1.165) is 0 Å². The van der Waals surface area contributed by atoms with Crippen LogP contribution in [-0.2, 0) is 19.0 Å². The summed E-state index contributed by atoms with van der Waals surface area (Å²) in [5.74, 6) is -1.20. The summed E-state index contributed by atoms with van der Waals surface area (Å²) in [7, 11) is 1.28. The molecule has 1 fully saturated rings. The first-order chi connectivity index (χ1) is 7.35. The van der Waals surface area contributed by atoms with E-state index in [9.17, 15) is 9.90 Å². The van der Waals surface area contributed by atoms with Gasteiger partial charge in [-0.3, -0.25) is 0 Å². The Morgan fingerprint density at radius 2 is 2.31 bits per heavy atom. The van der Waals surface area contributed by atoms with Crippen molar-refractivity contribution in [2.45, 2.75) is 38.3 Å². The van der Waals surface area contributed by atoms with Crippen molar-refractivity contribution in [3.8, 4) is 0 Å². The summed E-state index contributed by atoms with van der Waals surface area (Å²) in [4.78, 5) is 11.1. The van der Waals surface area contributed by atoms with Crippen molar-refractivity contribution in [2.75, 3.05) is 13.7 Å². The highest BCUT2D eigenvalue weighted by Gasteiger charge is 2.37. The number of esters is 1. The number of rotatable bonds is 4. The molecule has 1 heterocycles. The Morgan fingerprint density at radius 3 is 2.75 bits per heavy atom. The summed E-state index contributed by atoms with van der Waals surface area (Å²) >= 11 is 0. The minimum Gasteiger partial charge on any atom is -0.466 e. The van der Waals surface area contributed by atoms with Gasteiger partial charge in [0.15, 0.2) is 5.79 Å². The van der Waals surface area contributed by atoms with Crippen LogP contribution in [0.15, 0.2) is 12.2 Å². The Morgan fingerprint density at radius 1 is 1.69 bits per heavy atom. The molecule has 0 radical (unpaired) electrons. The number of methoxy groups -OCH3 is 1.